The molecule has 1 aliphatic rings. The lowest BCUT2D eigenvalue weighted by Crippen LogP contribution is -2.24. The van der Waals surface area contributed by atoms with E-state index >= 15 is 0 Å². The van der Waals surface area contributed by atoms with Crippen LogP contribution < -0.4 is 10.6 Å². The molecule has 0 amide bonds. The van der Waals surface area contributed by atoms with Gasteiger partial charge in [0.05, 0.1) is 7.11 Å². The number of ether oxygens (including phenoxy) is 1. The van der Waals surface area contributed by atoms with E-state index in [1.807, 2.05) is 0 Å². The summed E-state index contributed by atoms with van der Waals surface area (Å²) < 4.78 is 4.55. The number of nitrogens with one attached hydrogen (secondary N) is 2. The van der Waals surface area contributed by atoms with Crippen molar-refractivity contribution in [1.82, 2.24) is 15.5 Å². The predicted molar refractivity (Wildman–Crippen MR) is 67.5 cm³/mol. The van der Waals surface area contributed by atoms with Gasteiger partial charge in [0.15, 0.2) is 5.69 Å². The summed E-state index contributed by atoms with van der Waals surface area (Å²) in [4.78, 5) is 11.2. The molecule has 2 heterocycles. The van der Waals surface area contributed by atoms with Crippen LogP contribution in [0.15, 0.2) is 12.1 Å². The van der Waals surface area contributed by atoms with E-state index in [2.05, 4.69) is 25.6 Å². The van der Waals surface area contributed by atoms with Crippen molar-refractivity contribution in [3.8, 4) is 0 Å². The fraction of sp³-hybridized carbons (Fsp3) is 0.583. The van der Waals surface area contributed by atoms with Crippen LogP contribution in [0.3, 0.4) is 0 Å². The fourth-order valence-electron chi connectivity index (χ4n) is 2.02. The molecule has 0 aliphatic carbocycles. The average molecular weight is 250 g/mol. The van der Waals surface area contributed by atoms with Gasteiger partial charge in [0.2, 0.25) is 0 Å². The van der Waals surface area contributed by atoms with Crippen LogP contribution in [-0.4, -0.2) is 42.4 Å². The van der Waals surface area contributed by atoms with Gasteiger partial charge in [-0.1, -0.05) is 0 Å². The molecule has 1 fully saturated rings. The van der Waals surface area contributed by atoms with E-state index in [1.54, 1.807) is 12.1 Å². The van der Waals surface area contributed by atoms with Crippen LogP contribution >= 0.6 is 0 Å². The molecule has 0 spiro atoms. The maximum Gasteiger partial charge on any atom is 0.358 e. The van der Waals surface area contributed by atoms with Crippen LogP contribution in [0, 0.1) is 0 Å². The number of carbonyl (C=O) groups is 1. The first kappa shape index (κ1) is 12.8. The van der Waals surface area contributed by atoms with E-state index in [0.29, 0.717) is 11.9 Å². The second kappa shape index (κ2) is 6.30. The van der Waals surface area contributed by atoms with Crippen molar-refractivity contribution in [3.63, 3.8) is 0 Å². The molecule has 6 heteroatoms. The Labute approximate surface area is 106 Å². The minimum absolute atomic E-state index is 0.223. The number of hydrogen-bond acceptors (Lipinski definition) is 6. The monoisotopic (exact) mass is 250 g/mol. The van der Waals surface area contributed by atoms with Crippen LogP contribution in [-0.2, 0) is 4.74 Å². The third-order valence-corrected chi connectivity index (χ3v) is 3.02. The van der Waals surface area contributed by atoms with Crippen LogP contribution in [0.4, 0.5) is 5.82 Å². The number of esters is 1. The molecule has 2 rings (SSSR count). The van der Waals surface area contributed by atoms with Gasteiger partial charge in [-0.25, -0.2) is 4.79 Å². The number of nitrogens with zero attached hydrogens (tertiary/aromatic N) is 2. The van der Waals surface area contributed by atoms with Gasteiger partial charge >= 0.3 is 5.97 Å². The van der Waals surface area contributed by atoms with Crippen molar-refractivity contribution < 1.29 is 9.53 Å². The van der Waals surface area contributed by atoms with Gasteiger partial charge in [-0.3, -0.25) is 0 Å². The lowest BCUT2D eigenvalue weighted by molar-refractivity contribution is 0.0593. The van der Waals surface area contributed by atoms with E-state index < -0.39 is 5.97 Å². The highest BCUT2D eigenvalue weighted by Gasteiger charge is 2.13. The molecule has 0 saturated carbocycles. The van der Waals surface area contributed by atoms with Crippen molar-refractivity contribution in [2.45, 2.75) is 25.3 Å². The highest BCUT2D eigenvalue weighted by atomic mass is 16.5. The minimum atomic E-state index is -0.468. The Hall–Kier alpha value is -1.69. The summed E-state index contributed by atoms with van der Waals surface area (Å²) in [5.41, 5.74) is 0.223. The standard InChI is InChI=1S/C12H18N4O2/c1-18-12(17)10-4-5-11(16-15-10)14-8-6-9-3-2-7-13-9/h4-5,9,13H,2-3,6-8H2,1H3,(H,14,16)/t9-/m1/s1. The molecule has 6 nitrogen and oxygen atoms in total. The van der Waals surface area contributed by atoms with Crippen LogP contribution in [0.2, 0.25) is 0 Å². The quantitative estimate of drug-likeness (QED) is 0.753. The summed E-state index contributed by atoms with van der Waals surface area (Å²) in [6.45, 7) is 1.97. The van der Waals surface area contributed by atoms with Gasteiger partial charge in [-0.2, -0.15) is 0 Å². The molecule has 98 valence electrons. The molecular weight excluding hydrogens is 232 g/mol. The molecule has 0 unspecified atom stereocenters. The second-order valence-electron chi connectivity index (χ2n) is 4.30. The summed E-state index contributed by atoms with van der Waals surface area (Å²) >= 11 is 0. The molecule has 1 saturated heterocycles. The second-order valence-corrected chi connectivity index (χ2v) is 4.30. The third-order valence-electron chi connectivity index (χ3n) is 3.02. The van der Waals surface area contributed by atoms with Crippen LogP contribution in [0.25, 0.3) is 0 Å². The van der Waals surface area contributed by atoms with Crippen molar-refractivity contribution in [3.05, 3.63) is 17.8 Å². The molecule has 1 aromatic rings. The zero-order valence-electron chi connectivity index (χ0n) is 10.5. The summed E-state index contributed by atoms with van der Waals surface area (Å²) in [6.07, 6.45) is 3.58. The number of hydrogen-bond donors (Lipinski definition) is 2. The first-order valence-electron chi connectivity index (χ1n) is 6.19. The Morgan fingerprint density at radius 2 is 2.44 bits per heavy atom. The van der Waals surface area contributed by atoms with Crippen LogP contribution in [0.5, 0.6) is 0 Å². The topological polar surface area (TPSA) is 76.1 Å². The Morgan fingerprint density at radius 1 is 1.56 bits per heavy atom. The first-order valence-corrected chi connectivity index (χ1v) is 6.19. The maximum absolute atomic E-state index is 11.2. The first-order chi connectivity index (χ1) is 8.79. The fourth-order valence-corrected chi connectivity index (χ4v) is 2.02. The Morgan fingerprint density at radius 3 is 3.06 bits per heavy atom. The van der Waals surface area contributed by atoms with Crippen molar-refractivity contribution in [1.29, 1.82) is 0 Å². The van der Waals surface area contributed by atoms with Gasteiger partial charge in [0.25, 0.3) is 0 Å². The largest absolute Gasteiger partial charge is 0.464 e. The van der Waals surface area contributed by atoms with Gasteiger partial charge < -0.3 is 15.4 Å². The predicted octanol–water partition coefficient (Wildman–Crippen LogP) is 0.817. The average Bonchev–Trinajstić information content (AvgIpc) is 2.92. The number of carbonyl (C=O) groups excluding carboxylic acids is 1. The number of aromatic nitrogens is 2. The number of rotatable bonds is 5. The molecule has 1 aromatic heterocycles. The van der Waals surface area contributed by atoms with Gasteiger partial charge in [-0.15, -0.1) is 10.2 Å². The smallest absolute Gasteiger partial charge is 0.358 e. The summed E-state index contributed by atoms with van der Waals surface area (Å²) in [7, 11) is 1.32. The Bertz CT molecular complexity index is 388. The minimum Gasteiger partial charge on any atom is -0.464 e. The molecular formula is C12H18N4O2. The Balaban J connectivity index is 1.77. The van der Waals surface area contributed by atoms with Gasteiger partial charge in [0.1, 0.15) is 5.82 Å². The third kappa shape index (κ3) is 3.40. The SMILES string of the molecule is COC(=O)c1ccc(NCC[C@H]2CCCN2)nn1. The molecule has 1 atom stereocenters. The zero-order chi connectivity index (χ0) is 12.8. The molecule has 0 radical (unpaired) electrons. The van der Waals surface area contributed by atoms with E-state index in [0.717, 1.165) is 19.5 Å². The number of methoxy groups -OCH3 is 1. The lowest BCUT2D eigenvalue weighted by Gasteiger charge is -2.10. The molecule has 0 bridgehead atoms. The molecule has 0 aromatic carbocycles. The summed E-state index contributed by atoms with van der Waals surface area (Å²) in [6, 6.07) is 3.95. The maximum atomic E-state index is 11.2. The highest BCUT2D eigenvalue weighted by Crippen LogP contribution is 2.09. The normalized spacial score (nSPS) is 18.6. The number of anilines is 1. The molecule has 2 N–H and O–H groups in total. The van der Waals surface area contributed by atoms with Crippen molar-refractivity contribution in [2.75, 3.05) is 25.5 Å². The van der Waals surface area contributed by atoms with Crippen LogP contribution in [0.1, 0.15) is 29.8 Å². The zero-order valence-corrected chi connectivity index (χ0v) is 10.5. The van der Waals surface area contributed by atoms with E-state index in [9.17, 15) is 4.79 Å². The molecule has 18 heavy (non-hydrogen) atoms. The van der Waals surface area contributed by atoms with E-state index in [-0.39, 0.29) is 5.69 Å². The van der Waals surface area contributed by atoms with E-state index in [1.165, 1.54) is 20.0 Å². The van der Waals surface area contributed by atoms with Gasteiger partial charge in [-0.05, 0) is 37.9 Å². The lowest BCUT2D eigenvalue weighted by atomic mass is 10.1. The highest BCUT2D eigenvalue weighted by molar-refractivity contribution is 5.86. The van der Waals surface area contributed by atoms with Crippen molar-refractivity contribution >= 4 is 11.8 Å². The van der Waals surface area contributed by atoms with Crippen molar-refractivity contribution in [2.24, 2.45) is 0 Å². The van der Waals surface area contributed by atoms with E-state index in [4.69, 9.17) is 0 Å². The Kier molecular flexibility index (Phi) is 4.46. The summed E-state index contributed by atoms with van der Waals surface area (Å²) in [5.74, 6) is 0.213. The summed E-state index contributed by atoms with van der Waals surface area (Å²) in [5, 5.41) is 14.4. The van der Waals surface area contributed by atoms with Gasteiger partial charge in [0, 0.05) is 12.6 Å². The molecule has 1 aliphatic heterocycles.